The molecule has 0 fully saturated rings. The standard InChI is InChI=1S/C14H22ClNO/c1-4-7-11(5-2)16-12-8-9-14(17-6-3)13(15)10-12/h8-11,16H,4-7H2,1-3H3. The Hall–Kier alpha value is -0.890. The monoisotopic (exact) mass is 255 g/mol. The van der Waals surface area contributed by atoms with Crippen LogP contribution in [0.3, 0.4) is 0 Å². The molecule has 1 aromatic carbocycles. The second-order valence-corrected chi connectivity index (χ2v) is 4.52. The molecule has 0 radical (unpaired) electrons. The average molecular weight is 256 g/mol. The molecule has 2 nitrogen and oxygen atoms in total. The first-order valence-electron chi connectivity index (χ1n) is 6.40. The summed E-state index contributed by atoms with van der Waals surface area (Å²) in [6.07, 6.45) is 3.50. The van der Waals surface area contributed by atoms with Crippen LogP contribution in [0.15, 0.2) is 18.2 Å². The van der Waals surface area contributed by atoms with Crippen molar-refractivity contribution in [2.24, 2.45) is 0 Å². The van der Waals surface area contributed by atoms with E-state index in [-0.39, 0.29) is 0 Å². The second kappa shape index (κ2) is 7.44. The fraction of sp³-hybridized carbons (Fsp3) is 0.571. The summed E-state index contributed by atoms with van der Waals surface area (Å²) < 4.78 is 5.41. The summed E-state index contributed by atoms with van der Waals surface area (Å²) in [6.45, 7) is 7.00. The lowest BCUT2D eigenvalue weighted by atomic mass is 10.1. The number of nitrogens with one attached hydrogen (secondary N) is 1. The number of benzene rings is 1. The first-order valence-corrected chi connectivity index (χ1v) is 6.77. The average Bonchev–Trinajstić information content (AvgIpc) is 2.32. The first kappa shape index (κ1) is 14.2. The molecule has 0 saturated heterocycles. The van der Waals surface area contributed by atoms with Gasteiger partial charge in [-0.2, -0.15) is 0 Å². The molecule has 3 heteroatoms. The van der Waals surface area contributed by atoms with E-state index in [1.54, 1.807) is 0 Å². The summed E-state index contributed by atoms with van der Waals surface area (Å²) in [4.78, 5) is 0. The molecule has 0 amide bonds. The lowest BCUT2D eigenvalue weighted by molar-refractivity contribution is 0.340. The minimum absolute atomic E-state index is 0.522. The summed E-state index contributed by atoms with van der Waals surface area (Å²) in [5.41, 5.74) is 1.07. The molecule has 0 bridgehead atoms. The minimum Gasteiger partial charge on any atom is -0.492 e. The van der Waals surface area contributed by atoms with Crippen LogP contribution in [0.25, 0.3) is 0 Å². The summed E-state index contributed by atoms with van der Waals surface area (Å²) in [5.74, 6) is 0.753. The van der Waals surface area contributed by atoms with Gasteiger partial charge in [0.2, 0.25) is 0 Å². The fourth-order valence-corrected chi connectivity index (χ4v) is 2.06. The van der Waals surface area contributed by atoms with Crippen LogP contribution in [-0.2, 0) is 0 Å². The Morgan fingerprint density at radius 2 is 2.06 bits per heavy atom. The van der Waals surface area contributed by atoms with E-state index in [1.807, 2.05) is 25.1 Å². The van der Waals surface area contributed by atoms with Crippen LogP contribution in [0.4, 0.5) is 5.69 Å². The van der Waals surface area contributed by atoms with Crippen molar-refractivity contribution in [2.45, 2.75) is 46.1 Å². The van der Waals surface area contributed by atoms with Gasteiger partial charge in [0.1, 0.15) is 5.75 Å². The lowest BCUT2D eigenvalue weighted by Gasteiger charge is -2.18. The molecular weight excluding hydrogens is 234 g/mol. The number of ether oxygens (including phenoxy) is 1. The third kappa shape index (κ3) is 4.47. The topological polar surface area (TPSA) is 21.3 Å². The molecule has 0 aromatic heterocycles. The summed E-state index contributed by atoms with van der Waals surface area (Å²) >= 11 is 6.15. The van der Waals surface area contributed by atoms with Gasteiger partial charge in [-0.3, -0.25) is 0 Å². The summed E-state index contributed by atoms with van der Waals surface area (Å²) in [7, 11) is 0. The van der Waals surface area contributed by atoms with Crippen molar-refractivity contribution in [3.63, 3.8) is 0 Å². The molecule has 0 heterocycles. The predicted octanol–water partition coefficient (Wildman–Crippen LogP) is 4.73. The van der Waals surface area contributed by atoms with E-state index in [2.05, 4.69) is 19.2 Å². The Bertz CT molecular complexity index is 341. The highest BCUT2D eigenvalue weighted by Gasteiger charge is 2.07. The van der Waals surface area contributed by atoms with Crippen molar-refractivity contribution in [1.29, 1.82) is 0 Å². The van der Waals surface area contributed by atoms with Gasteiger partial charge in [-0.25, -0.2) is 0 Å². The minimum atomic E-state index is 0.522. The zero-order valence-electron chi connectivity index (χ0n) is 10.9. The maximum absolute atomic E-state index is 6.15. The zero-order valence-corrected chi connectivity index (χ0v) is 11.7. The highest BCUT2D eigenvalue weighted by molar-refractivity contribution is 6.32. The quantitative estimate of drug-likeness (QED) is 0.761. The summed E-state index contributed by atoms with van der Waals surface area (Å²) in [6, 6.07) is 6.40. The van der Waals surface area contributed by atoms with Gasteiger partial charge in [-0.15, -0.1) is 0 Å². The molecular formula is C14H22ClNO. The molecule has 1 atom stereocenters. The normalized spacial score (nSPS) is 12.2. The molecule has 0 aliphatic carbocycles. The highest BCUT2D eigenvalue weighted by Crippen LogP contribution is 2.28. The molecule has 1 unspecified atom stereocenters. The molecule has 0 aliphatic rings. The van der Waals surface area contributed by atoms with E-state index in [1.165, 1.54) is 12.8 Å². The van der Waals surface area contributed by atoms with Gasteiger partial charge in [0.15, 0.2) is 0 Å². The van der Waals surface area contributed by atoms with E-state index in [0.717, 1.165) is 17.9 Å². The second-order valence-electron chi connectivity index (χ2n) is 4.12. The fourth-order valence-electron chi connectivity index (χ4n) is 1.83. The van der Waals surface area contributed by atoms with Crippen LogP contribution in [0.1, 0.15) is 40.0 Å². The number of hydrogen-bond acceptors (Lipinski definition) is 2. The van der Waals surface area contributed by atoms with Crippen molar-refractivity contribution < 1.29 is 4.74 Å². The van der Waals surface area contributed by atoms with Gasteiger partial charge >= 0.3 is 0 Å². The molecule has 0 spiro atoms. The Kier molecular flexibility index (Phi) is 6.20. The van der Waals surface area contributed by atoms with E-state index >= 15 is 0 Å². The van der Waals surface area contributed by atoms with Crippen molar-refractivity contribution in [3.05, 3.63) is 23.2 Å². The van der Waals surface area contributed by atoms with Crippen LogP contribution >= 0.6 is 11.6 Å². The third-order valence-corrected chi connectivity index (χ3v) is 3.03. The third-order valence-electron chi connectivity index (χ3n) is 2.73. The Morgan fingerprint density at radius 3 is 2.59 bits per heavy atom. The molecule has 1 rings (SSSR count). The first-order chi connectivity index (χ1) is 8.21. The van der Waals surface area contributed by atoms with Gasteiger partial charge in [0.05, 0.1) is 11.6 Å². The zero-order chi connectivity index (χ0) is 12.7. The van der Waals surface area contributed by atoms with Gasteiger partial charge in [-0.1, -0.05) is 31.9 Å². The van der Waals surface area contributed by atoms with Gasteiger partial charge < -0.3 is 10.1 Å². The van der Waals surface area contributed by atoms with Crippen molar-refractivity contribution >= 4 is 17.3 Å². The SMILES string of the molecule is CCCC(CC)Nc1ccc(OCC)c(Cl)c1. The smallest absolute Gasteiger partial charge is 0.138 e. The van der Waals surface area contributed by atoms with Crippen LogP contribution in [0, 0.1) is 0 Å². The number of anilines is 1. The van der Waals surface area contributed by atoms with Crippen LogP contribution in [0.5, 0.6) is 5.75 Å². The number of rotatable bonds is 7. The maximum Gasteiger partial charge on any atom is 0.138 e. The van der Waals surface area contributed by atoms with Crippen LogP contribution in [0.2, 0.25) is 5.02 Å². The molecule has 1 aromatic rings. The van der Waals surface area contributed by atoms with Gasteiger partial charge in [0.25, 0.3) is 0 Å². The highest BCUT2D eigenvalue weighted by atomic mass is 35.5. The predicted molar refractivity (Wildman–Crippen MR) is 75.2 cm³/mol. The molecule has 1 N–H and O–H groups in total. The van der Waals surface area contributed by atoms with E-state index in [4.69, 9.17) is 16.3 Å². The van der Waals surface area contributed by atoms with Crippen LogP contribution in [-0.4, -0.2) is 12.6 Å². The van der Waals surface area contributed by atoms with E-state index in [0.29, 0.717) is 17.7 Å². The van der Waals surface area contributed by atoms with E-state index in [9.17, 15) is 0 Å². The molecule has 0 aliphatic heterocycles. The molecule has 96 valence electrons. The Labute approximate surface area is 109 Å². The lowest BCUT2D eigenvalue weighted by Crippen LogP contribution is -2.17. The van der Waals surface area contributed by atoms with Crippen molar-refractivity contribution in [2.75, 3.05) is 11.9 Å². The van der Waals surface area contributed by atoms with Gasteiger partial charge in [0, 0.05) is 11.7 Å². The Morgan fingerprint density at radius 1 is 1.29 bits per heavy atom. The largest absolute Gasteiger partial charge is 0.492 e. The van der Waals surface area contributed by atoms with Crippen molar-refractivity contribution in [1.82, 2.24) is 0 Å². The van der Waals surface area contributed by atoms with Crippen LogP contribution < -0.4 is 10.1 Å². The number of halogens is 1. The van der Waals surface area contributed by atoms with Crippen molar-refractivity contribution in [3.8, 4) is 5.75 Å². The maximum atomic E-state index is 6.15. The molecule has 0 saturated carbocycles. The number of hydrogen-bond donors (Lipinski definition) is 1. The van der Waals surface area contributed by atoms with Gasteiger partial charge in [-0.05, 0) is 38.0 Å². The summed E-state index contributed by atoms with van der Waals surface area (Å²) in [5, 5.41) is 4.17. The molecule has 17 heavy (non-hydrogen) atoms. The Balaban J connectivity index is 2.68. The van der Waals surface area contributed by atoms with E-state index < -0.39 is 0 Å².